The quantitative estimate of drug-likeness (QED) is 0.689. The molecule has 0 unspecified atom stereocenters. The van der Waals surface area contributed by atoms with E-state index in [-0.39, 0.29) is 11.8 Å². The lowest BCUT2D eigenvalue weighted by Gasteiger charge is -2.35. The summed E-state index contributed by atoms with van der Waals surface area (Å²) in [7, 11) is 0. The molecule has 0 bridgehead atoms. The maximum absolute atomic E-state index is 13.0. The van der Waals surface area contributed by atoms with Gasteiger partial charge in [0, 0.05) is 44.7 Å². The van der Waals surface area contributed by atoms with Gasteiger partial charge in [-0.05, 0) is 62.0 Å². The number of piperazine rings is 1. The highest BCUT2D eigenvalue weighted by Crippen LogP contribution is 2.16. The van der Waals surface area contributed by atoms with Crippen LogP contribution in [0.2, 0.25) is 0 Å². The molecule has 2 aromatic carbocycles. The number of hydrogen-bond donors (Lipinski definition) is 0. The topological polar surface area (TPSA) is 43.9 Å². The summed E-state index contributed by atoms with van der Waals surface area (Å²) >= 11 is 0. The third-order valence-corrected chi connectivity index (χ3v) is 6.40. The Bertz CT molecular complexity index is 869. The van der Waals surface area contributed by atoms with Crippen molar-refractivity contribution in [1.82, 2.24) is 14.7 Å². The predicted octanol–water partition coefficient (Wildman–Crippen LogP) is 3.59. The molecule has 2 amide bonds. The van der Waals surface area contributed by atoms with Gasteiger partial charge in [0.15, 0.2) is 0 Å². The van der Waals surface area contributed by atoms with Gasteiger partial charge in [-0.1, -0.05) is 42.5 Å². The van der Waals surface area contributed by atoms with Gasteiger partial charge in [0.1, 0.15) is 0 Å². The van der Waals surface area contributed by atoms with Gasteiger partial charge in [-0.3, -0.25) is 14.5 Å². The number of benzene rings is 2. The molecule has 2 aromatic rings. The molecule has 0 N–H and O–H groups in total. The highest BCUT2D eigenvalue weighted by atomic mass is 16.2. The summed E-state index contributed by atoms with van der Waals surface area (Å²) < 4.78 is 0. The van der Waals surface area contributed by atoms with Crippen LogP contribution >= 0.6 is 0 Å². The lowest BCUT2D eigenvalue weighted by Crippen LogP contribution is -2.50. The van der Waals surface area contributed by atoms with Gasteiger partial charge in [0.2, 0.25) is 5.91 Å². The summed E-state index contributed by atoms with van der Waals surface area (Å²) in [5.41, 5.74) is 3.25. The van der Waals surface area contributed by atoms with Crippen LogP contribution in [0.25, 0.3) is 0 Å². The van der Waals surface area contributed by atoms with Crippen molar-refractivity contribution in [1.29, 1.82) is 0 Å². The van der Waals surface area contributed by atoms with E-state index in [4.69, 9.17) is 0 Å². The zero-order valence-corrected chi connectivity index (χ0v) is 18.3. The molecule has 2 heterocycles. The molecule has 0 saturated carbocycles. The van der Waals surface area contributed by atoms with E-state index >= 15 is 0 Å². The Kier molecular flexibility index (Phi) is 7.36. The number of aryl methyl sites for hydroxylation is 1. The van der Waals surface area contributed by atoms with Gasteiger partial charge in [0.25, 0.3) is 5.91 Å². The molecule has 2 saturated heterocycles. The highest BCUT2D eigenvalue weighted by Gasteiger charge is 2.25. The summed E-state index contributed by atoms with van der Waals surface area (Å²) in [5, 5.41) is 0. The van der Waals surface area contributed by atoms with Crippen LogP contribution < -0.4 is 0 Å². The molecular formula is C26H33N3O2. The summed E-state index contributed by atoms with van der Waals surface area (Å²) in [4.78, 5) is 31.8. The first kappa shape index (κ1) is 21.6. The SMILES string of the molecule is O=C(CCCc1ccccc1)N1CCN(C(=O)c2cccc(CN3CCCC3)c2)CC1. The first-order chi connectivity index (χ1) is 15.2. The Balaban J connectivity index is 1.23. The average Bonchev–Trinajstić information content (AvgIpc) is 3.32. The number of likely N-dealkylation sites (tertiary alicyclic amines) is 1. The fourth-order valence-electron chi connectivity index (χ4n) is 4.59. The Labute approximate surface area is 185 Å². The number of hydrogen-bond acceptors (Lipinski definition) is 3. The molecule has 0 spiro atoms. The molecule has 4 rings (SSSR count). The Morgan fingerprint density at radius 3 is 2.16 bits per heavy atom. The third kappa shape index (κ3) is 5.95. The molecule has 164 valence electrons. The van der Waals surface area contributed by atoms with Crippen molar-refractivity contribution < 1.29 is 9.59 Å². The molecule has 0 radical (unpaired) electrons. The van der Waals surface area contributed by atoms with E-state index in [2.05, 4.69) is 23.1 Å². The van der Waals surface area contributed by atoms with Gasteiger partial charge in [-0.2, -0.15) is 0 Å². The summed E-state index contributed by atoms with van der Waals surface area (Å²) in [6, 6.07) is 18.4. The van der Waals surface area contributed by atoms with Crippen molar-refractivity contribution in [3.05, 3.63) is 71.3 Å². The van der Waals surface area contributed by atoms with Crippen molar-refractivity contribution >= 4 is 11.8 Å². The van der Waals surface area contributed by atoms with E-state index in [0.29, 0.717) is 32.6 Å². The lowest BCUT2D eigenvalue weighted by molar-refractivity contribution is -0.132. The first-order valence-electron chi connectivity index (χ1n) is 11.6. The van der Waals surface area contributed by atoms with Crippen molar-refractivity contribution in [2.24, 2.45) is 0 Å². The average molecular weight is 420 g/mol. The maximum Gasteiger partial charge on any atom is 0.253 e. The van der Waals surface area contributed by atoms with Crippen LogP contribution in [0.5, 0.6) is 0 Å². The molecule has 5 nitrogen and oxygen atoms in total. The smallest absolute Gasteiger partial charge is 0.253 e. The van der Waals surface area contributed by atoms with Gasteiger partial charge < -0.3 is 9.80 Å². The van der Waals surface area contributed by atoms with E-state index < -0.39 is 0 Å². The van der Waals surface area contributed by atoms with E-state index in [1.54, 1.807) is 0 Å². The highest BCUT2D eigenvalue weighted by molar-refractivity contribution is 5.94. The standard InChI is InChI=1S/C26H33N3O2/c30-25(13-7-10-22-8-2-1-3-9-22)28-16-18-29(19-17-28)26(31)24-12-6-11-23(20-24)21-27-14-4-5-15-27/h1-3,6,8-9,11-12,20H,4-5,7,10,13-19,21H2. The van der Waals surface area contributed by atoms with Gasteiger partial charge in [-0.15, -0.1) is 0 Å². The number of carbonyl (C=O) groups excluding carboxylic acids is 2. The molecule has 2 fully saturated rings. The summed E-state index contributed by atoms with van der Waals surface area (Å²) in [6.45, 7) is 5.71. The number of amides is 2. The number of nitrogens with zero attached hydrogens (tertiary/aromatic N) is 3. The van der Waals surface area contributed by atoms with Gasteiger partial charge in [0.05, 0.1) is 0 Å². The lowest BCUT2D eigenvalue weighted by atomic mass is 10.1. The molecule has 5 heteroatoms. The summed E-state index contributed by atoms with van der Waals surface area (Å²) in [5.74, 6) is 0.287. The second-order valence-corrected chi connectivity index (χ2v) is 8.70. The fourth-order valence-corrected chi connectivity index (χ4v) is 4.59. The van der Waals surface area contributed by atoms with Gasteiger partial charge in [-0.25, -0.2) is 0 Å². The minimum absolute atomic E-state index is 0.0828. The van der Waals surface area contributed by atoms with E-state index in [1.807, 2.05) is 46.2 Å². The summed E-state index contributed by atoms with van der Waals surface area (Å²) in [6.07, 6.45) is 4.91. The van der Waals surface area contributed by atoms with Crippen LogP contribution in [0.4, 0.5) is 0 Å². The molecule has 2 aliphatic heterocycles. The Hall–Kier alpha value is -2.66. The largest absolute Gasteiger partial charge is 0.339 e. The predicted molar refractivity (Wildman–Crippen MR) is 123 cm³/mol. The molecule has 0 aliphatic carbocycles. The van der Waals surface area contributed by atoms with Crippen molar-refractivity contribution in [3.8, 4) is 0 Å². The third-order valence-electron chi connectivity index (χ3n) is 6.40. The molecule has 31 heavy (non-hydrogen) atoms. The second-order valence-electron chi connectivity index (χ2n) is 8.70. The molecule has 2 aliphatic rings. The van der Waals surface area contributed by atoms with Crippen LogP contribution in [0.1, 0.15) is 47.2 Å². The molecule has 0 atom stereocenters. The van der Waals surface area contributed by atoms with E-state index in [9.17, 15) is 9.59 Å². The van der Waals surface area contributed by atoms with Crippen LogP contribution in [0.15, 0.2) is 54.6 Å². The van der Waals surface area contributed by atoms with Crippen LogP contribution in [0, 0.1) is 0 Å². The zero-order valence-electron chi connectivity index (χ0n) is 18.3. The molecule has 0 aromatic heterocycles. The Morgan fingerprint density at radius 1 is 0.742 bits per heavy atom. The molecular weight excluding hydrogens is 386 g/mol. The Morgan fingerprint density at radius 2 is 1.42 bits per heavy atom. The first-order valence-corrected chi connectivity index (χ1v) is 11.6. The number of carbonyl (C=O) groups is 2. The monoisotopic (exact) mass is 419 g/mol. The van der Waals surface area contributed by atoms with E-state index in [1.165, 1.54) is 24.0 Å². The van der Waals surface area contributed by atoms with Crippen molar-refractivity contribution in [2.75, 3.05) is 39.3 Å². The van der Waals surface area contributed by atoms with Crippen molar-refractivity contribution in [3.63, 3.8) is 0 Å². The minimum Gasteiger partial charge on any atom is -0.339 e. The zero-order chi connectivity index (χ0) is 21.5. The van der Waals surface area contributed by atoms with Crippen LogP contribution in [-0.4, -0.2) is 65.8 Å². The van der Waals surface area contributed by atoms with Crippen LogP contribution in [0.3, 0.4) is 0 Å². The number of rotatable bonds is 7. The van der Waals surface area contributed by atoms with Gasteiger partial charge >= 0.3 is 0 Å². The second kappa shape index (κ2) is 10.6. The van der Waals surface area contributed by atoms with Crippen LogP contribution in [-0.2, 0) is 17.8 Å². The van der Waals surface area contributed by atoms with Crippen molar-refractivity contribution in [2.45, 2.75) is 38.6 Å². The fraction of sp³-hybridized carbons (Fsp3) is 0.462. The van der Waals surface area contributed by atoms with E-state index in [0.717, 1.165) is 38.0 Å². The maximum atomic E-state index is 13.0. The normalized spacial score (nSPS) is 17.2. The minimum atomic E-state index is 0.0828.